The summed E-state index contributed by atoms with van der Waals surface area (Å²) in [5.74, 6) is -2.63. The normalized spacial score (nSPS) is 16.6. The van der Waals surface area contributed by atoms with E-state index in [2.05, 4.69) is 9.17 Å². The smallest absolute Gasteiger partial charge is 0.401 e. The SMILES string of the molecule is CC\C=C(F)/C(C(/N)=C/C(C)=C(\N)C(CCC)c1cccc(OS(=O)C(F)(F)F)n1)=C(\C)F. The molecule has 0 amide bonds. The highest BCUT2D eigenvalue weighted by atomic mass is 32.2. The molecule has 0 spiro atoms. The van der Waals surface area contributed by atoms with Crippen LogP contribution in [0.5, 0.6) is 5.88 Å². The third-order valence-corrected chi connectivity index (χ3v) is 5.19. The number of allylic oxidation sites excluding steroid dienone is 6. The molecule has 2 unspecified atom stereocenters. The van der Waals surface area contributed by atoms with E-state index in [1.807, 2.05) is 6.92 Å². The summed E-state index contributed by atoms with van der Waals surface area (Å²) in [7, 11) is 0. The van der Waals surface area contributed by atoms with E-state index in [1.54, 1.807) is 13.8 Å². The third-order valence-electron chi connectivity index (χ3n) is 4.49. The number of nitrogens with zero attached hydrogens (tertiary/aromatic N) is 1. The molecule has 0 aliphatic rings. The highest BCUT2D eigenvalue weighted by Gasteiger charge is 2.40. The van der Waals surface area contributed by atoms with Gasteiger partial charge in [0, 0.05) is 23.4 Å². The Morgan fingerprint density at radius 3 is 2.36 bits per heavy atom. The highest BCUT2D eigenvalue weighted by molar-refractivity contribution is 7.81. The molecule has 4 N–H and O–H groups in total. The number of pyridine rings is 1. The average molecular weight is 494 g/mol. The van der Waals surface area contributed by atoms with Crippen molar-refractivity contribution in [1.82, 2.24) is 4.98 Å². The van der Waals surface area contributed by atoms with Gasteiger partial charge in [-0.3, -0.25) is 0 Å². The van der Waals surface area contributed by atoms with Crippen LogP contribution in [0.4, 0.5) is 22.0 Å². The van der Waals surface area contributed by atoms with Crippen LogP contribution in [0, 0.1) is 0 Å². The van der Waals surface area contributed by atoms with Gasteiger partial charge < -0.3 is 15.7 Å². The van der Waals surface area contributed by atoms with E-state index in [4.69, 9.17) is 11.5 Å². The van der Waals surface area contributed by atoms with Gasteiger partial charge in [-0.2, -0.15) is 13.2 Å². The van der Waals surface area contributed by atoms with E-state index in [1.165, 1.54) is 24.3 Å². The van der Waals surface area contributed by atoms with Gasteiger partial charge in [0.25, 0.3) is 0 Å². The molecule has 1 aromatic rings. The van der Waals surface area contributed by atoms with Gasteiger partial charge in [-0.25, -0.2) is 18.0 Å². The monoisotopic (exact) mass is 493 g/mol. The number of nitrogens with two attached hydrogens (primary N) is 2. The molecule has 0 saturated carbocycles. The van der Waals surface area contributed by atoms with E-state index >= 15 is 0 Å². The molecule has 0 aliphatic heterocycles. The van der Waals surface area contributed by atoms with Crippen LogP contribution in [0.3, 0.4) is 0 Å². The summed E-state index contributed by atoms with van der Waals surface area (Å²) in [4.78, 5) is 4.02. The number of halogens is 5. The summed E-state index contributed by atoms with van der Waals surface area (Å²) in [6, 6.07) is 4.08. The fourth-order valence-corrected chi connectivity index (χ4v) is 3.34. The summed E-state index contributed by atoms with van der Waals surface area (Å²) in [6.45, 7) is 6.24. The predicted octanol–water partition coefficient (Wildman–Crippen LogP) is 6.11. The van der Waals surface area contributed by atoms with Crippen LogP contribution in [0.2, 0.25) is 0 Å². The Morgan fingerprint density at radius 2 is 1.85 bits per heavy atom. The van der Waals surface area contributed by atoms with Gasteiger partial charge in [0.1, 0.15) is 11.7 Å². The van der Waals surface area contributed by atoms with Crippen molar-refractivity contribution in [2.45, 2.75) is 58.4 Å². The van der Waals surface area contributed by atoms with Gasteiger partial charge in [-0.1, -0.05) is 26.3 Å². The third kappa shape index (κ3) is 8.30. The van der Waals surface area contributed by atoms with Crippen LogP contribution in [-0.4, -0.2) is 14.7 Å². The van der Waals surface area contributed by atoms with Crippen molar-refractivity contribution in [1.29, 1.82) is 0 Å². The minimum Gasteiger partial charge on any atom is -0.401 e. The van der Waals surface area contributed by atoms with E-state index in [9.17, 15) is 26.2 Å². The number of hydrogen-bond donors (Lipinski definition) is 2. The average Bonchev–Trinajstić information content (AvgIpc) is 2.70. The van der Waals surface area contributed by atoms with Crippen LogP contribution in [0.15, 0.2) is 64.5 Å². The maximum atomic E-state index is 14.3. The van der Waals surface area contributed by atoms with Crippen LogP contribution in [0.25, 0.3) is 0 Å². The Morgan fingerprint density at radius 1 is 1.21 bits per heavy atom. The van der Waals surface area contributed by atoms with Crippen molar-refractivity contribution in [3.63, 3.8) is 0 Å². The van der Waals surface area contributed by atoms with Crippen molar-refractivity contribution in [3.05, 3.63) is 70.2 Å². The topological polar surface area (TPSA) is 91.2 Å². The Balaban J connectivity index is 3.40. The molecule has 0 bridgehead atoms. The number of aromatic nitrogens is 1. The summed E-state index contributed by atoms with van der Waals surface area (Å²) in [6.07, 6.45) is 3.97. The standard InChI is InChI=1S/C22H28F5N3O2S/c1-5-8-15(18-10-7-11-19(30-18)32-33(31)22(25,26)27)21(29)13(3)12-17(28)20(14(4)23)16(24)9-6-2/h7,9-12,15H,5-6,8,28-29H2,1-4H3/b16-9+,17-12-,20-14-,21-13-. The molecule has 1 heterocycles. The van der Waals surface area contributed by atoms with E-state index < -0.39 is 40.0 Å². The Kier molecular flexibility index (Phi) is 10.8. The molecule has 2 atom stereocenters. The van der Waals surface area contributed by atoms with Gasteiger partial charge in [-0.15, -0.1) is 0 Å². The van der Waals surface area contributed by atoms with Gasteiger partial charge in [0.15, 0.2) is 0 Å². The van der Waals surface area contributed by atoms with E-state index in [0.29, 0.717) is 24.8 Å². The summed E-state index contributed by atoms with van der Waals surface area (Å²) >= 11 is -3.57. The van der Waals surface area contributed by atoms with Gasteiger partial charge in [0.2, 0.25) is 5.88 Å². The lowest BCUT2D eigenvalue weighted by Gasteiger charge is -2.19. The number of rotatable bonds is 10. The zero-order chi connectivity index (χ0) is 25.3. The van der Waals surface area contributed by atoms with Crippen LogP contribution < -0.4 is 15.7 Å². The van der Waals surface area contributed by atoms with Crippen molar-refractivity contribution in [2.24, 2.45) is 11.5 Å². The second-order valence-corrected chi connectivity index (χ2v) is 8.21. The molecule has 1 aromatic heterocycles. The Labute approximate surface area is 192 Å². The first-order valence-corrected chi connectivity index (χ1v) is 11.2. The van der Waals surface area contributed by atoms with Crippen molar-refractivity contribution >= 4 is 11.1 Å². The lowest BCUT2D eigenvalue weighted by Crippen LogP contribution is -2.21. The molecule has 11 heteroatoms. The van der Waals surface area contributed by atoms with Crippen molar-refractivity contribution in [3.8, 4) is 5.88 Å². The largest absolute Gasteiger partial charge is 0.508 e. The molecule has 0 saturated heterocycles. The zero-order valence-electron chi connectivity index (χ0n) is 18.8. The van der Waals surface area contributed by atoms with Gasteiger partial charge in [-0.05, 0) is 50.5 Å². The second kappa shape index (κ2) is 12.5. The molecule has 184 valence electrons. The van der Waals surface area contributed by atoms with Crippen LogP contribution >= 0.6 is 0 Å². The first kappa shape index (κ1) is 28.3. The zero-order valence-corrected chi connectivity index (χ0v) is 19.6. The van der Waals surface area contributed by atoms with Crippen molar-refractivity contribution in [2.75, 3.05) is 0 Å². The summed E-state index contributed by atoms with van der Waals surface area (Å²) in [5, 5.41) is 0. The molecule has 0 radical (unpaired) electrons. The molecular formula is C22H28F5N3O2S. The molecule has 0 aromatic carbocycles. The minimum atomic E-state index is -5.06. The van der Waals surface area contributed by atoms with E-state index in [-0.39, 0.29) is 22.7 Å². The lowest BCUT2D eigenvalue weighted by molar-refractivity contribution is -0.0438. The molecule has 33 heavy (non-hydrogen) atoms. The lowest BCUT2D eigenvalue weighted by atomic mass is 9.92. The van der Waals surface area contributed by atoms with E-state index in [0.717, 1.165) is 13.0 Å². The first-order valence-electron chi connectivity index (χ1n) is 10.1. The second-order valence-electron chi connectivity index (χ2n) is 7.11. The number of alkyl halides is 3. The van der Waals surface area contributed by atoms with Gasteiger partial charge in [0.05, 0.1) is 11.3 Å². The van der Waals surface area contributed by atoms with Crippen molar-refractivity contribution < 1.29 is 30.3 Å². The van der Waals surface area contributed by atoms with Gasteiger partial charge >= 0.3 is 16.6 Å². The highest BCUT2D eigenvalue weighted by Crippen LogP contribution is 2.31. The molecular weight excluding hydrogens is 465 g/mol. The quantitative estimate of drug-likeness (QED) is 0.303. The predicted molar refractivity (Wildman–Crippen MR) is 119 cm³/mol. The minimum absolute atomic E-state index is 0.168. The first-order chi connectivity index (χ1) is 15.3. The maximum Gasteiger partial charge on any atom is 0.508 e. The molecule has 0 fully saturated rings. The summed E-state index contributed by atoms with van der Waals surface area (Å²) < 4.78 is 81.4. The fourth-order valence-electron chi connectivity index (χ4n) is 2.99. The summed E-state index contributed by atoms with van der Waals surface area (Å²) in [5.41, 5.74) is 7.59. The van der Waals surface area contributed by atoms with Crippen LogP contribution in [-0.2, 0) is 11.1 Å². The number of hydrogen-bond acceptors (Lipinski definition) is 5. The maximum absolute atomic E-state index is 14.3. The Hall–Kier alpha value is -2.69. The fraction of sp³-hybridized carbons (Fsp3) is 0.409. The molecule has 1 rings (SSSR count). The Bertz CT molecular complexity index is 980. The molecule has 5 nitrogen and oxygen atoms in total. The molecule has 0 aliphatic carbocycles. The van der Waals surface area contributed by atoms with Crippen LogP contribution in [0.1, 0.15) is 58.6 Å².